The van der Waals surface area contributed by atoms with Crippen molar-refractivity contribution in [1.29, 1.82) is 0 Å². The van der Waals surface area contributed by atoms with Crippen LogP contribution in [0.15, 0.2) is 42.5 Å². The van der Waals surface area contributed by atoms with Gasteiger partial charge in [0.15, 0.2) is 0 Å². The lowest BCUT2D eigenvalue weighted by Crippen LogP contribution is -2.15. The van der Waals surface area contributed by atoms with Crippen LogP contribution in [0.3, 0.4) is 0 Å². The van der Waals surface area contributed by atoms with Gasteiger partial charge in [0.1, 0.15) is 0 Å². The molecular formula is C16H19N3O. The smallest absolute Gasteiger partial charge is 0.257 e. The Labute approximate surface area is 119 Å². The molecule has 0 heterocycles. The number of para-hydroxylation sites is 1. The fraction of sp³-hybridized carbons (Fsp3) is 0.188. The van der Waals surface area contributed by atoms with E-state index in [2.05, 4.69) is 5.32 Å². The van der Waals surface area contributed by atoms with Crippen LogP contribution in [0.4, 0.5) is 17.1 Å². The highest BCUT2D eigenvalue weighted by Gasteiger charge is 2.11. The standard InChI is InChI=1S/C16H19N3O/c1-11-6-4-9-14(15(11)17)16(20)18-12-7-5-8-13(10-12)19(2)3/h4-10H,17H2,1-3H3,(H,18,20). The van der Waals surface area contributed by atoms with Crippen molar-refractivity contribution >= 4 is 23.0 Å². The molecule has 2 aromatic carbocycles. The van der Waals surface area contributed by atoms with Gasteiger partial charge in [0, 0.05) is 31.2 Å². The van der Waals surface area contributed by atoms with Crippen LogP contribution in [0, 0.1) is 6.92 Å². The number of aryl methyl sites for hydroxylation is 1. The number of hydrogen-bond acceptors (Lipinski definition) is 3. The van der Waals surface area contributed by atoms with Gasteiger partial charge in [0.05, 0.1) is 5.56 Å². The van der Waals surface area contributed by atoms with Crippen molar-refractivity contribution < 1.29 is 4.79 Å². The zero-order valence-corrected chi connectivity index (χ0v) is 12.0. The summed E-state index contributed by atoms with van der Waals surface area (Å²) in [7, 11) is 3.92. The van der Waals surface area contributed by atoms with Crippen molar-refractivity contribution in [3.05, 3.63) is 53.6 Å². The van der Waals surface area contributed by atoms with E-state index in [1.54, 1.807) is 6.07 Å². The van der Waals surface area contributed by atoms with Gasteiger partial charge in [-0.3, -0.25) is 4.79 Å². The van der Waals surface area contributed by atoms with Crippen LogP contribution in [-0.4, -0.2) is 20.0 Å². The lowest BCUT2D eigenvalue weighted by atomic mass is 10.1. The van der Waals surface area contributed by atoms with E-state index < -0.39 is 0 Å². The third kappa shape index (κ3) is 2.91. The Balaban J connectivity index is 2.24. The number of nitrogen functional groups attached to an aromatic ring is 1. The van der Waals surface area contributed by atoms with Crippen LogP contribution in [0.1, 0.15) is 15.9 Å². The molecule has 0 atom stereocenters. The topological polar surface area (TPSA) is 58.4 Å². The largest absolute Gasteiger partial charge is 0.398 e. The number of rotatable bonds is 3. The third-order valence-corrected chi connectivity index (χ3v) is 3.19. The summed E-state index contributed by atoms with van der Waals surface area (Å²) in [5, 5.41) is 2.88. The second-order valence-corrected chi connectivity index (χ2v) is 4.94. The number of benzene rings is 2. The summed E-state index contributed by atoms with van der Waals surface area (Å²) in [6.45, 7) is 1.89. The van der Waals surface area contributed by atoms with Crippen molar-refractivity contribution in [2.24, 2.45) is 0 Å². The van der Waals surface area contributed by atoms with Gasteiger partial charge in [-0.2, -0.15) is 0 Å². The van der Waals surface area contributed by atoms with Gasteiger partial charge < -0.3 is 16.0 Å². The second kappa shape index (κ2) is 5.65. The van der Waals surface area contributed by atoms with Gasteiger partial charge in [-0.1, -0.05) is 18.2 Å². The molecule has 0 aliphatic carbocycles. The average Bonchev–Trinajstić information content (AvgIpc) is 2.42. The quantitative estimate of drug-likeness (QED) is 0.842. The maximum absolute atomic E-state index is 12.3. The number of anilines is 3. The summed E-state index contributed by atoms with van der Waals surface area (Å²) in [6, 6.07) is 13.1. The molecule has 2 rings (SSSR count). The highest BCUT2D eigenvalue weighted by molar-refractivity contribution is 6.08. The molecule has 2 aromatic rings. The fourth-order valence-electron chi connectivity index (χ4n) is 1.94. The number of nitrogens with zero attached hydrogens (tertiary/aromatic N) is 1. The van der Waals surface area contributed by atoms with E-state index in [9.17, 15) is 4.79 Å². The number of amides is 1. The minimum atomic E-state index is -0.192. The van der Waals surface area contributed by atoms with E-state index in [-0.39, 0.29) is 5.91 Å². The van der Waals surface area contributed by atoms with Crippen molar-refractivity contribution in [1.82, 2.24) is 0 Å². The summed E-state index contributed by atoms with van der Waals surface area (Å²) >= 11 is 0. The maximum Gasteiger partial charge on any atom is 0.257 e. The van der Waals surface area contributed by atoms with E-state index in [1.807, 2.05) is 62.3 Å². The Morgan fingerprint density at radius 2 is 1.85 bits per heavy atom. The molecule has 0 aliphatic heterocycles. The summed E-state index contributed by atoms with van der Waals surface area (Å²) in [5.74, 6) is -0.192. The van der Waals surface area contributed by atoms with Crippen LogP contribution in [0.2, 0.25) is 0 Å². The molecule has 4 heteroatoms. The second-order valence-electron chi connectivity index (χ2n) is 4.94. The summed E-state index contributed by atoms with van der Waals surface area (Å²) in [6.07, 6.45) is 0. The molecule has 0 aliphatic rings. The van der Waals surface area contributed by atoms with Gasteiger partial charge in [-0.15, -0.1) is 0 Å². The first-order chi connectivity index (χ1) is 9.49. The third-order valence-electron chi connectivity index (χ3n) is 3.19. The molecule has 20 heavy (non-hydrogen) atoms. The molecule has 0 bridgehead atoms. The molecule has 0 unspecified atom stereocenters. The van der Waals surface area contributed by atoms with Crippen LogP contribution in [0.5, 0.6) is 0 Å². The van der Waals surface area contributed by atoms with Crippen molar-refractivity contribution in [2.75, 3.05) is 30.0 Å². The first-order valence-electron chi connectivity index (χ1n) is 6.43. The lowest BCUT2D eigenvalue weighted by Gasteiger charge is -2.14. The predicted octanol–water partition coefficient (Wildman–Crippen LogP) is 2.90. The minimum Gasteiger partial charge on any atom is -0.398 e. The fourth-order valence-corrected chi connectivity index (χ4v) is 1.94. The molecular weight excluding hydrogens is 250 g/mol. The van der Waals surface area contributed by atoms with Gasteiger partial charge in [0.2, 0.25) is 0 Å². The van der Waals surface area contributed by atoms with Crippen LogP contribution < -0.4 is 16.0 Å². The Morgan fingerprint density at radius 1 is 1.15 bits per heavy atom. The van der Waals surface area contributed by atoms with E-state index in [4.69, 9.17) is 5.73 Å². The molecule has 0 aromatic heterocycles. The van der Waals surface area contributed by atoms with Crippen LogP contribution in [-0.2, 0) is 0 Å². The number of carbonyl (C=O) groups is 1. The zero-order valence-electron chi connectivity index (χ0n) is 12.0. The molecule has 0 saturated heterocycles. The molecule has 0 saturated carbocycles. The number of nitrogens with two attached hydrogens (primary N) is 1. The van der Waals surface area contributed by atoms with Gasteiger partial charge >= 0.3 is 0 Å². The first kappa shape index (κ1) is 13.9. The molecule has 104 valence electrons. The van der Waals surface area contributed by atoms with Crippen molar-refractivity contribution in [2.45, 2.75) is 6.92 Å². The highest BCUT2D eigenvalue weighted by atomic mass is 16.1. The van der Waals surface area contributed by atoms with Crippen molar-refractivity contribution in [3.8, 4) is 0 Å². The van der Waals surface area contributed by atoms with Gasteiger partial charge in [-0.05, 0) is 36.8 Å². The molecule has 3 N–H and O–H groups in total. The van der Waals surface area contributed by atoms with Crippen LogP contribution in [0.25, 0.3) is 0 Å². The first-order valence-corrected chi connectivity index (χ1v) is 6.43. The summed E-state index contributed by atoms with van der Waals surface area (Å²) in [5.41, 5.74) is 9.65. The SMILES string of the molecule is Cc1cccc(C(=O)Nc2cccc(N(C)C)c2)c1N. The van der Waals surface area contributed by atoms with E-state index in [0.717, 1.165) is 16.9 Å². The average molecular weight is 269 g/mol. The molecule has 1 amide bonds. The summed E-state index contributed by atoms with van der Waals surface area (Å²) in [4.78, 5) is 14.2. The molecule has 0 fully saturated rings. The molecule has 0 spiro atoms. The van der Waals surface area contributed by atoms with E-state index in [1.165, 1.54) is 0 Å². The highest BCUT2D eigenvalue weighted by Crippen LogP contribution is 2.21. The Hall–Kier alpha value is -2.49. The van der Waals surface area contributed by atoms with E-state index >= 15 is 0 Å². The van der Waals surface area contributed by atoms with E-state index in [0.29, 0.717) is 11.3 Å². The summed E-state index contributed by atoms with van der Waals surface area (Å²) < 4.78 is 0. The Morgan fingerprint density at radius 3 is 2.55 bits per heavy atom. The monoisotopic (exact) mass is 269 g/mol. The normalized spacial score (nSPS) is 10.2. The Kier molecular flexibility index (Phi) is 3.94. The maximum atomic E-state index is 12.3. The number of nitrogens with one attached hydrogen (secondary N) is 1. The predicted molar refractivity (Wildman–Crippen MR) is 84.3 cm³/mol. The van der Waals surface area contributed by atoms with Crippen molar-refractivity contribution in [3.63, 3.8) is 0 Å². The molecule has 4 nitrogen and oxygen atoms in total. The van der Waals surface area contributed by atoms with Gasteiger partial charge in [-0.25, -0.2) is 0 Å². The number of carbonyl (C=O) groups excluding carboxylic acids is 1. The van der Waals surface area contributed by atoms with Gasteiger partial charge in [0.25, 0.3) is 5.91 Å². The minimum absolute atomic E-state index is 0.192. The number of hydrogen-bond donors (Lipinski definition) is 2. The Bertz CT molecular complexity index is 635. The zero-order chi connectivity index (χ0) is 14.7. The molecule has 0 radical (unpaired) electrons. The lowest BCUT2D eigenvalue weighted by molar-refractivity contribution is 0.102. The van der Waals surface area contributed by atoms with Crippen LogP contribution >= 0.6 is 0 Å².